The first-order valence-electron chi connectivity index (χ1n) is 7.01. The van der Waals surface area contributed by atoms with E-state index in [2.05, 4.69) is 10.3 Å². The smallest absolute Gasteiger partial charge is 0.290 e. The van der Waals surface area contributed by atoms with Crippen LogP contribution in [-0.2, 0) is 4.79 Å². The molecule has 120 valence electrons. The van der Waals surface area contributed by atoms with Crippen molar-refractivity contribution in [3.8, 4) is 0 Å². The minimum atomic E-state index is -0.403. The fourth-order valence-electron chi connectivity index (χ4n) is 2.41. The molecule has 6 nitrogen and oxygen atoms in total. The van der Waals surface area contributed by atoms with Crippen molar-refractivity contribution in [2.45, 2.75) is 0 Å². The normalized spacial score (nSPS) is 16.1. The molecule has 0 aliphatic carbocycles. The van der Waals surface area contributed by atoms with Gasteiger partial charge in [0, 0.05) is 24.7 Å². The van der Waals surface area contributed by atoms with Crippen LogP contribution in [0.15, 0.2) is 45.3 Å². The van der Waals surface area contributed by atoms with E-state index >= 15 is 0 Å². The third-order valence-electron chi connectivity index (χ3n) is 3.54. The number of nitrogens with zero attached hydrogens (tertiary/aromatic N) is 2. The lowest BCUT2D eigenvalue weighted by Gasteiger charge is -2.16. The summed E-state index contributed by atoms with van der Waals surface area (Å²) in [6.45, 7) is 0. The highest BCUT2D eigenvalue weighted by Crippen LogP contribution is 2.35. The molecule has 8 heteroatoms. The Morgan fingerprint density at radius 3 is 2.92 bits per heavy atom. The molecule has 0 bridgehead atoms. The van der Waals surface area contributed by atoms with Crippen LogP contribution in [0, 0.1) is 0 Å². The fraction of sp³-hybridized carbons (Fsp3) is 0.0625. The molecule has 3 aromatic heterocycles. The topological polar surface area (TPSA) is 75.4 Å². The lowest BCUT2D eigenvalue weighted by molar-refractivity contribution is -0.115. The number of furan rings is 1. The molecule has 1 fully saturated rings. The number of carbonyl (C=O) groups excluding carboxylic acids is 2. The van der Waals surface area contributed by atoms with Gasteiger partial charge in [-0.3, -0.25) is 19.9 Å². The zero-order valence-electron chi connectivity index (χ0n) is 12.5. The number of amides is 2. The maximum Gasteiger partial charge on any atom is 0.290 e. The van der Waals surface area contributed by atoms with Crippen LogP contribution < -0.4 is 10.2 Å². The van der Waals surface area contributed by atoms with Crippen LogP contribution in [0.3, 0.4) is 0 Å². The van der Waals surface area contributed by atoms with Crippen molar-refractivity contribution in [2.24, 2.45) is 0 Å². The predicted molar refractivity (Wildman–Crippen MR) is 95.5 cm³/mol. The molecule has 1 aliphatic heterocycles. The largest absolute Gasteiger partial charge is 0.454 e. The highest BCUT2D eigenvalue weighted by Gasteiger charge is 2.25. The van der Waals surface area contributed by atoms with E-state index in [0.717, 1.165) is 27.8 Å². The molecular formula is C16H11N3O3S2. The molecule has 1 N–H and O–H groups in total. The molecule has 0 aromatic carbocycles. The summed E-state index contributed by atoms with van der Waals surface area (Å²) in [5, 5.41) is 5.75. The van der Waals surface area contributed by atoms with Gasteiger partial charge in [-0.2, -0.15) is 0 Å². The second-order valence-electron chi connectivity index (χ2n) is 5.09. The van der Waals surface area contributed by atoms with Gasteiger partial charge in [0.25, 0.3) is 11.1 Å². The molecule has 0 radical (unpaired) electrons. The van der Waals surface area contributed by atoms with Crippen LogP contribution in [0.2, 0.25) is 0 Å². The van der Waals surface area contributed by atoms with Crippen LogP contribution >= 0.6 is 23.1 Å². The number of carbonyl (C=O) groups is 2. The van der Waals surface area contributed by atoms with E-state index in [4.69, 9.17) is 4.42 Å². The van der Waals surface area contributed by atoms with Gasteiger partial charge in [0.05, 0.1) is 16.1 Å². The first-order chi connectivity index (χ1) is 11.6. The number of hydrogen-bond acceptors (Lipinski definition) is 7. The minimum Gasteiger partial charge on any atom is -0.454 e. The Labute approximate surface area is 145 Å². The van der Waals surface area contributed by atoms with Crippen molar-refractivity contribution in [3.05, 3.63) is 46.6 Å². The summed E-state index contributed by atoms with van der Waals surface area (Å²) in [5.74, 6) is 0.102. The third kappa shape index (κ3) is 2.59. The molecule has 0 atom stereocenters. The van der Waals surface area contributed by atoms with E-state index in [9.17, 15) is 9.59 Å². The van der Waals surface area contributed by atoms with E-state index in [1.54, 1.807) is 35.9 Å². The summed E-state index contributed by atoms with van der Waals surface area (Å²) in [6, 6.07) is 5.80. The van der Waals surface area contributed by atoms with E-state index in [0.29, 0.717) is 16.2 Å². The van der Waals surface area contributed by atoms with Crippen LogP contribution in [-0.4, -0.2) is 23.2 Å². The number of nitrogens with one attached hydrogen (secondary N) is 1. The highest BCUT2D eigenvalue weighted by molar-refractivity contribution is 8.18. The van der Waals surface area contributed by atoms with Gasteiger partial charge in [0.2, 0.25) is 0 Å². The Balaban J connectivity index is 1.76. The molecule has 24 heavy (non-hydrogen) atoms. The quantitative estimate of drug-likeness (QED) is 0.715. The molecular weight excluding hydrogens is 346 g/mol. The monoisotopic (exact) mass is 357 g/mol. The predicted octanol–water partition coefficient (Wildman–Crippen LogP) is 3.98. The average molecular weight is 357 g/mol. The van der Waals surface area contributed by atoms with Crippen molar-refractivity contribution < 1.29 is 14.0 Å². The van der Waals surface area contributed by atoms with Crippen LogP contribution in [0.5, 0.6) is 0 Å². The highest BCUT2D eigenvalue weighted by atomic mass is 32.2. The van der Waals surface area contributed by atoms with E-state index < -0.39 is 5.91 Å². The Bertz CT molecular complexity index is 976. The fourth-order valence-corrected chi connectivity index (χ4v) is 3.78. The summed E-state index contributed by atoms with van der Waals surface area (Å²) in [6.07, 6.45) is 5.02. The van der Waals surface area contributed by atoms with Crippen molar-refractivity contribution >= 4 is 62.0 Å². The molecule has 1 saturated heterocycles. The number of fused-ring (bicyclic) bond motifs is 1. The van der Waals surface area contributed by atoms with Gasteiger partial charge < -0.3 is 9.32 Å². The maximum atomic E-state index is 11.7. The molecule has 3 aromatic rings. The summed E-state index contributed by atoms with van der Waals surface area (Å²) < 4.78 is 5.91. The van der Waals surface area contributed by atoms with Gasteiger partial charge in [0.1, 0.15) is 11.4 Å². The number of thioether (sulfide) groups is 1. The second-order valence-corrected chi connectivity index (χ2v) is 7.03. The van der Waals surface area contributed by atoms with Crippen LogP contribution in [0.25, 0.3) is 17.0 Å². The Kier molecular flexibility index (Phi) is 3.62. The van der Waals surface area contributed by atoms with Crippen LogP contribution in [0.1, 0.15) is 5.76 Å². The van der Waals surface area contributed by atoms with E-state index in [-0.39, 0.29) is 5.24 Å². The number of pyridine rings is 1. The van der Waals surface area contributed by atoms with Crippen molar-refractivity contribution in [1.82, 2.24) is 10.3 Å². The molecule has 0 saturated carbocycles. The third-order valence-corrected chi connectivity index (χ3v) is 5.29. The second kappa shape index (κ2) is 5.81. The zero-order valence-corrected chi connectivity index (χ0v) is 14.1. The maximum absolute atomic E-state index is 11.7. The van der Waals surface area contributed by atoms with Gasteiger partial charge in [-0.15, -0.1) is 11.3 Å². The molecule has 0 unspecified atom stereocenters. The summed E-state index contributed by atoms with van der Waals surface area (Å²) >= 11 is 2.48. The zero-order chi connectivity index (χ0) is 16.7. The summed E-state index contributed by atoms with van der Waals surface area (Å²) in [7, 11) is 1.95. The van der Waals surface area contributed by atoms with E-state index in [1.165, 1.54) is 0 Å². The number of hydrogen-bond donors (Lipinski definition) is 1. The Hall–Kier alpha value is -2.58. The first-order valence-corrected chi connectivity index (χ1v) is 8.71. The lowest BCUT2D eigenvalue weighted by atomic mass is 10.2. The molecule has 4 rings (SSSR count). The molecule has 0 spiro atoms. The molecule has 2 amide bonds. The van der Waals surface area contributed by atoms with E-state index in [1.807, 2.05) is 29.5 Å². The number of thiophene rings is 1. The first kappa shape index (κ1) is 15.0. The molecule has 4 heterocycles. The van der Waals surface area contributed by atoms with Gasteiger partial charge in [-0.05, 0) is 35.3 Å². The number of aromatic nitrogens is 1. The summed E-state index contributed by atoms with van der Waals surface area (Å²) in [4.78, 5) is 29.5. The summed E-state index contributed by atoms with van der Waals surface area (Å²) in [5.41, 5.74) is 1.52. The van der Waals surface area contributed by atoms with Gasteiger partial charge >= 0.3 is 0 Å². The van der Waals surface area contributed by atoms with Crippen molar-refractivity contribution in [1.29, 1.82) is 0 Å². The van der Waals surface area contributed by atoms with Gasteiger partial charge in [0.15, 0.2) is 5.58 Å². The average Bonchev–Trinajstić information content (AvgIpc) is 3.27. The molecule has 1 aliphatic rings. The van der Waals surface area contributed by atoms with Crippen molar-refractivity contribution in [3.63, 3.8) is 0 Å². The SMILES string of the molecule is CN(c1cccs1)c1cncc2cc(/C=C3\SC(=O)NC3=O)oc12. The Morgan fingerprint density at radius 2 is 2.21 bits per heavy atom. The standard InChI is InChI=1S/C16H11N3O3S2/c1-19(13-3-2-4-23-13)11-8-17-7-9-5-10(22-14(9)11)6-12-15(20)18-16(21)24-12/h2-8H,1H3,(H,18,20,21)/b12-6-. The van der Waals surface area contributed by atoms with Gasteiger partial charge in [-0.1, -0.05) is 0 Å². The minimum absolute atomic E-state index is 0.320. The lowest BCUT2D eigenvalue weighted by Crippen LogP contribution is -2.17. The number of anilines is 2. The van der Waals surface area contributed by atoms with Gasteiger partial charge in [-0.25, -0.2) is 0 Å². The van der Waals surface area contributed by atoms with Crippen molar-refractivity contribution in [2.75, 3.05) is 11.9 Å². The number of rotatable bonds is 3. The Morgan fingerprint density at radius 1 is 1.33 bits per heavy atom. The number of imide groups is 1. The van der Waals surface area contributed by atoms with Crippen LogP contribution in [0.4, 0.5) is 15.5 Å².